The van der Waals surface area contributed by atoms with Crippen molar-refractivity contribution in [3.05, 3.63) is 106 Å². The number of benzene rings is 3. The molecule has 2 amide bonds. The van der Waals surface area contributed by atoms with Crippen LogP contribution in [-0.4, -0.2) is 22.8 Å². The van der Waals surface area contributed by atoms with Gasteiger partial charge in [0.25, 0.3) is 11.6 Å². The molecule has 3 rings (SSSR count). The van der Waals surface area contributed by atoms with Crippen molar-refractivity contribution in [2.24, 2.45) is 0 Å². The molecule has 0 radical (unpaired) electrons. The number of non-ortho nitro benzene ring substituents is 1. The fourth-order valence-corrected chi connectivity index (χ4v) is 3.11. The summed E-state index contributed by atoms with van der Waals surface area (Å²) < 4.78 is 0. The highest BCUT2D eigenvalue weighted by Gasteiger charge is 2.23. The van der Waals surface area contributed by atoms with E-state index >= 15 is 0 Å². The van der Waals surface area contributed by atoms with Crippen LogP contribution in [0.2, 0.25) is 0 Å². The van der Waals surface area contributed by atoms with Gasteiger partial charge >= 0.3 is 0 Å². The van der Waals surface area contributed by atoms with Crippen LogP contribution in [0.5, 0.6) is 0 Å². The number of hydrogen-bond donors (Lipinski definition) is 2. The lowest BCUT2D eigenvalue weighted by molar-refractivity contribution is -0.384. The number of carbonyl (C=O) groups excluding carboxylic acids is 2. The minimum Gasteiger partial charge on any atom is -0.340 e. The second kappa shape index (κ2) is 10.2. The van der Waals surface area contributed by atoms with E-state index in [0.717, 1.165) is 17.5 Å². The largest absolute Gasteiger partial charge is 0.340 e. The first-order valence-electron chi connectivity index (χ1n) is 9.95. The number of aryl methyl sites for hydroxylation is 1. The summed E-state index contributed by atoms with van der Waals surface area (Å²) in [7, 11) is 0. The smallest absolute Gasteiger partial charge is 0.270 e. The number of hydrogen-bond acceptors (Lipinski definition) is 4. The Morgan fingerprint density at radius 1 is 0.935 bits per heavy atom. The number of anilines is 1. The summed E-state index contributed by atoms with van der Waals surface area (Å²) >= 11 is 0. The van der Waals surface area contributed by atoms with Crippen molar-refractivity contribution in [3.8, 4) is 0 Å². The lowest BCUT2D eigenvalue weighted by Crippen LogP contribution is -2.45. The minimum absolute atomic E-state index is 0.118. The van der Waals surface area contributed by atoms with Gasteiger partial charge in [-0.25, -0.2) is 0 Å². The fourth-order valence-electron chi connectivity index (χ4n) is 3.11. The van der Waals surface area contributed by atoms with Gasteiger partial charge in [0.1, 0.15) is 6.04 Å². The third kappa shape index (κ3) is 5.99. The van der Waals surface area contributed by atoms with Gasteiger partial charge in [0.15, 0.2) is 0 Å². The first-order chi connectivity index (χ1) is 15.0. The number of carbonyl (C=O) groups is 2. The summed E-state index contributed by atoms with van der Waals surface area (Å²) in [6.07, 6.45) is 1.17. The Balaban J connectivity index is 1.79. The third-order valence-electron chi connectivity index (χ3n) is 4.85. The summed E-state index contributed by atoms with van der Waals surface area (Å²) in [4.78, 5) is 36.2. The molecule has 1 unspecified atom stereocenters. The van der Waals surface area contributed by atoms with Crippen LogP contribution in [0.25, 0.3) is 0 Å². The lowest BCUT2D eigenvalue weighted by Gasteiger charge is -2.19. The quantitative estimate of drug-likeness (QED) is 0.425. The zero-order valence-corrected chi connectivity index (χ0v) is 17.1. The van der Waals surface area contributed by atoms with Crippen molar-refractivity contribution in [1.29, 1.82) is 0 Å². The Labute approximate surface area is 180 Å². The first kappa shape index (κ1) is 21.7. The standard InChI is InChI=1S/C24H23N3O4/c1-2-17-11-13-20(14-12-17)25-24(29)22(15-18-7-4-3-5-8-18)26-23(28)19-9-6-10-21(16-19)27(30)31/h3-14,16,22H,2,15H2,1H3,(H,25,29)(H,26,28). The normalized spacial score (nSPS) is 11.4. The van der Waals surface area contributed by atoms with Crippen LogP contribution in [0.3, 0.4) is 0 Å². The molecule has 0 spiro atoms. The summed E-state index contributed by atoms with van der Waals surface area (Å²) in [6.45, 7) is 2.05. The summed E-state index contributed by atoms with van der Waals surface area (Å²) in [6, 6.07) is 21.4. The number of nitro benzene ring substituents is 1. The van der Waals surface area contributed by atoms with Crippen molar-refractivity contribution in [3.63, 3.8) is 0 Å². The molecule has 0 bridgehead atoms. The molecule has 7 nitrogen and oxygen atoms in total. The van der Waals surface area contributed by atoms with E-state index in [1.54, 1.807) is 0 Å². The molecule has 2 N–H and O–H groups in total. The van der Waals surface area contributed by atoms with Crippen LogP contribution in [0.4, 0.5) is 11.4 Å². The Hall–Kier alpha value is -4.00. The predicted molar refractivity (Wildman–Crippen MR) is 119 cm³/mol. The van der Waals surface area contributed by atoms with Gasteiger partial charge in [-0.1, -0.05) is 55.5 Å². The second-order valence-electron chi connectivity index (χ2n) is 7.06. The molecule has 158 valence electrons. The number of nitrogens with one attached hydrogen (secondary N) is 2. The lowest BCUT2D eigenvalue weighted by atomic mass is 10.0. The number of amides is 2. The third-order valence-corrected chi connectivity index (χ3v) is 4.85. The predicted octanol–water partition coefficient (Wildman–Crippen LogP) is 4.14. The Morgan fingerprint density at radius 3 is 2.29 bits per heavy atom. The van der Waals surface area contributed by atoms with E-state index in [0.29, 0.717) is 5.69 Å². The number of nitro groups is 1. The van der Waals surface area contributed by atoms with Gasteiger partial charge in [0, 0.05) is 29.8 Å². The Bertz CT molecular complexity index is 1070. The number of nitrogens with zero attached hydrogens (tertiary/aromatic N) is 1. The maximum atomic E-state index is 13.0. The van der Waals surface area contributed by atoms with Crippen molar-refractivity contribution in [2.45, 2.75) is 25.8 Å². The van der Waals surface area contributed by atoms with E-state index in [1.165, 1.54) is 24.3 Å². The molecule has 31 heavy (non-hydrogen) atoms. The zero-order valence-electron chi connectivity index (χ0n) is 17.1. The van der Waals surface area contributed by atoms with Crippen molar-refractivity contribution < 1.29 is 14.5 Å². The highest BCUT2D eigenvalue weighted by atomic mass is 16.6. The Morgan fingerprint density at radius 2 is 1.65 bits per heavy atom. The van der Waals surface area contributed by atoms with Gasteiger partial charge in [-0.05, 0) is 35.7 Å². The van der Waals surface area contributed by atoms with Crippen molar-refractivity contribution in [2.75, 3.05) is 5.32 Å². The molecule has 0 aliphatic carbocycles. The highest BCUT2D eigenvalue weighted by Crippen LogP contribution is 2.15. The molecule has 0 heterocycles. The molecule has 0 aliphatic heterocycles. The van der Waals surface area contributed by atoms with Crippen LogP contribution in [0.1, 0.15) is 28.4 Å². The van der Waals surface area contributed by atoms with E-state index in [1.807, 2.05) is 61.5 Å². The first-order valence-corrected chi connectivity index (χ1v) is 9.95. The molecule has 0 aliphatic rings. The topological polar surface area (TPSA) is 101 Å². The van der Waals surface area contributed by atoms with E-state index in [-0.39, 0.29) is 23.6 Å². The van der Waals surface area contributed by atoms with Crippen LogP contribution in [0, 0.1) is 10.1 Å². The number of rotatable bonds is 8. The molecule has 3 aromatic rings. The molecule has 0 aromatic heterocycles. The van der Waals surface area contributed by atoms with Crippen LogP contribution in [0.15, 0.2) is 78.9 Å². The maximum Gasteiger partial charge on any atom is 0.270 e. The molecule has 7 heteroatoms. The van der Waals surface area contributed by atoms with Crippen LogP contribution < -0.4 is 10.6 Å². The molecule has 1 atom stereocenters. The van der Waals surface area contributed by atoms with E-state index in [9.17, 15) is 19.7 Å². The van der Waals surface area contributed by atoms with Gasteiger partial charge in [-0.15, -0.1) is 0 Å². The molecular formula is C24H23N3O4. The van der Waals surface area contributed by atoms with E-state index in [4.69, 9.17) is 0 Å². The molecule has 0 saturated heterocycles. The van der Waals surface area contributed by atoms with Crippen molar-refractivity contribution in [1.82, 2.24) is 5.32 Å². The SMILES string of the molecule is CCc1ccc(NC(=O)C(Cc2ccccc2)NC(=O)c2cccc([N+](=O)[O-])c2)cc1. The van der Waals surface area contributed by atoms with Crippen LogP contribution in [-0.2, 0) is 17.6 Å². The average molecular weight is 417 g/mol. The molecule has 0 saturated carbocycles. The molecular weight excluding hydrogens is 394 g/mol. The summed E-state index contributed by atoms with van der Waals surface area (Å²) in [5.74, 6) is -0.923. The molecule has 0 fully saturated rings. The minimum atomic E-state index is -0.861. The molecule has 3 aromatic carbocycles. The van der Waals surface area contributed by atoms with Crippen molar-refractivity contribution >= 4 is 23.2 Å². The average Bonchev–Trinajstić information content (AvgIpc) is 2.79. The summed E-state index contributed by atoms with van der Waals surface area (Å²) in [5, 5.41) is 16.6. The van der Waals surface area contributed by atoms with E-state index in [2.05, 4.69) is 10.6 Å². The van der Waals surface area contributed by atoms with E-state index < -0.39 is 16.9 Å². The fraction of sp³-hybridized carbons (Fsp3) is 0.167. The van der Waals surface area contributed by atoms with Gasteiger partial charge in [0.2, 0.25) is 5.91 Å². The Kier molecular flexibility index (Phi) is 7.11. The monoisotopic (exact) mass is 417 g/mol. The van der Waals surface area contributed by atoms with Gasteiger partial charge < -0.3 is 10.6 Å². The highest BCUT2D eigenvalue weighted by molar-refractivity contribution is 6.01. The zero-order chi connectivity index (χ0) is 22.2. The van der Waals surface area contributed by atoms with Gasteiger partial charge in [0.05, 0.1) is 4.92 Å². The van der Waals surface area contributed by atoms with Gasteiger partial charge in [-0.2, -0.15) is 0 Å². The van der Waals surface area contributed by atoms with Gasteiger partial charge in [-0.3, -0.25) is 19.7 Å². The maximum absolute atomic E-state index is 13.0. The van der Waals surface area contributed by atoms with Crippen LogP contribution >= 0.6 is 0 Å². The second-order valence-corrected chi connectivity index (χ2v) is 7.06. The summed E-state index contributed by atoms with van der Waals surface area (Å²) in [5.41, 5.74) is 2.59.